The standard InChI is InChI=1S/C9H13ClN2O/c1-6-4-7(8(11)2-3-13)9(10)12-5-6/h4-5,8,13H,2-3,11H2,1H3. The Balaban J connectivity index is 2.91. The summed E-state index contributed by atoms with van der Waals surface area (Å²) in [5.41, 5.74) is 7.61. The molecule has 1 aromatic rings. The van der Waals surface area contributed by atoms with Crippen molar-refractivity contribution in [3.05, 3.63) is 28.5 Å². The first-order valence-corrected chi connectivity index (χ1v) is 4.51. The molecule has 72 valence electrons. The van der Waals surface area contributed by atoms with Gasteiger partial charge in [0.15, 0.2) is 0 Å². The van der Waals surface area contributed by atoms with Gasteiger partial charge in [-0.05, 0) is 25.0 Å². The molecule has 0 aromatic carbocycles. The van der Waals surface area contributed by atoms with E-state index in [1.807, 2.05) is 13.0 Å². The van der Waals surface area contributed by atoms with Crippen LogP contribution < -0.4 is 5.73 Å². The highest BCUT2D eigenvalue weighted by Gasteiger charge is 2.10. The topological polar surface area (TPSA) is 59.1 Å². The summed E-state index contributed by atoms with van der Waals surface area (Å²) in [7, 11) is 0. The van der Waals surface area contributed by atoms with E-state index in [0.717, 1.165) is 11.1 Å². The van der Waals surface area contributed by atoms with Crippen LogP contribution in [0, 0.1) is 6.92 Å². The van der Waals surface area contributed by atoms with E-state index in [-0.39, 0.29) is 12.6 Å². The zero-order valence-corrected chi connectivity index (χ0v) is 8.25. The fraction of sp³-hybridized carbons (Fsp3) is 0.444. The maximum Gasteiger partial charge on any atom is 0.133 e. The Kier molecular flexibility index (Phi) is 3.66. The van der Waals surface area contributed by atoms with Crippen LogP contribution in [0.4, 0.5) is 0 Å². The molecule has 1 unspecified atom stereocenters. The van der Waals surface area contributed by atoms with Crippen molar-refractivity contribution in [3.63, 3.8) is 0 Å². The largest absolute Gasteiger partial charge is 0.396 e. The Hall–Kier alpha value is -0.640. The fourth-order valence-corrected chi connectivity index (χ4v) is 1.37. The molecule has 0 spiro atoms. The molecule has 1 rings (SSSR count). The molecule has 0 aliphatic carbocycles. The Bertz CT molecular complexity index is 291. The second-order valence-electron chi connectivity index (χ2n) is 3.01. The minimum Gasteiger partial charge on any atom is -0.396 e. The first-order chi connectivity index (χ1) is 6.15. The van der Waals surface area contributed by atoms with E-state index in [4.69, 9.17) is 22.4 Å². The molecule has 0 fully saturated rings. The highest BCUT2D eigenvalue weighted by molar-refractivity contribution is 6.30. The first-order valence-electron chi connectivity index (χ1n) is 4.13. The molecular weight excluding hydrogens is 188 g/mol. The third-order valence-corrected chi connectivity index (χ3v) is 2.16. The minimum atomic E-state index is -0.232. The number of hydrogen-bond donors (Lipinski definition) is 2. The van der Waals surface area contributed by atoms with Crippen LogP contribution in [0.5, 0.6) is 0 Å². The zero-order chi connectivity index (χ0) is 9.84. The van der Waals surface area contributed by atoms with Gasteiger partial charge in [0, 0.05) is 24.4 Å². The van der Waals surface area contributed by atoms with Crippen molar-refractivity contribution in [2.75, 3.05) is 6.61 Å². The van der Waals surface area contributed by atoms with Crippen molar-refractivity contribution in [1.82, 2.24) is 4.98 Å². The van der Waals surface area contributed by atoms with Crippen LogP contribution >= 0.6 is 11.6 Å². The number of nitrogens with zero attached hydrogens (tertiary/aromatic N) is 1. The quantitative estimate of drug-likeness (QED) is 0.726. The van der Waals surface area contributed by atoms with E-state index in [1.54, 1.807) is 6.20 Å². The van der Waals surface area contributed by atoms with Crippen molar-refractivity contribution >= 4 is 11.6 Å². The molecule has 1 atom stereocenters. The van der Waals surface area contributed by atoms with E-state index in [1.165, 1.54) is 0 Å². The van der Waals surface area contributed by atoms with Gasteiger partial charge in [0.25, 0.3) is 0 Å². The number of nitrogens with two attached hydrogens (primary N) is 1. The summed E-state index contributed by atoms with van der Waals surface area (Å²) in [5.74, 6) is 0. The number of pyridine rings is 1. The predicted molar refractivity (Wildman–Crippen MR) is 52.6 cm³/mol. The van der Waals surface area contributed by atoms with Gasteiger partial charge in [-0.3, -0.25) is 0 Å². The Labute approximate surface area is 82.5 Å². The Morgan fingerprint density at radius 3 is 3.00 bits per heavy atom. The summed E-state index contributed by atoms with van der Waals surface area (Å²) in [6, 6.07) is 1.67. The van der Waals surface area contributed by atoms with Gasteiger partial charge >= 0.3 is 0 Å². The van der Waals surface area contributed by atoms with Gasteiger partial charge < -0.3 is 10.8 Å². The average molecular weight is 201 g/mol. The lowest BCUT2D eigenvalue weighted by molar-refractivity contribution is 0.276. The van der Waals surface area contributed by atoms with E-state index in [2.05, 4.69) is 4.98 Å². The van der Waals surface area contributed by atoms with Gasteiger partial charge in [0.05, 0.1) is 0 Å². The minimum absolute atomic E-state index is 0.0609. The predicted octanol–water partition coefficient (Wildman–Crippen LogP) is 1.43. The molecule has 13 heavy (non-hydrogen) atoms. The summed E-state index contributed by atoms with van der Waals surface area (Å²) < 4.78 is 0. The number of aliphatic hydroxyl groups is 1. The van der Waals surface area contributed by atoms with Gasteiger partial charge in [0.1, 0.15) is 5.15 Å². The third kappa shape index (κ3) is 2.66. The zero-order valence-electron chi connectivity index (χ0n) is 7.50. The number of aryl methyl sites for hydroxylation is 1. The first kappa shape index (κ1) is 10.4. The summed E-state index contributed by atoms with van der Waals surface area (Å²) >= 11 is 5.85. The van der Waals surface area contributed by atoms with Crippen LogP contribution in [0.25, 0.3) is 0 Å². The lowest BCUT2D eigenvalue weighted by Crippen LogP contribution is -2.13. The molecule has 0 saturated heterocycles. The van der Waals surface area contributed by atoms with Crippen LogP contribution in [-0.2, 0) is 0 Å². The second kappa shape index (κ2) is 4.56. The maximum atomic E-state index is 8.71. The molecule has 0 radical (unpaired) electrons. The van der Waals surface area contributed by atoms with E-state index >= 15 is 0 Å². The number of hydrogen-bond acceptors (Lipinski definition) is 3. The molecule has 0 amide bonds. The van der Waals surface area contributed by atoms with Crippen molar-refractivity contribution in [3.8, 4) is 0 Å². The normalized spacial score (nSPS) is 12.9. The SMILES string of the molecule is Cc1cnc(Cl)c(C(N)CCO)c1. The van der Waals surface area contributed by atoms with Crippen molar-refractivity contribution in [1.29, 1.82) is 0 Å². The number of rotatable bonds is 3. The number of halogens is 1. The molecule has 3 N–H and O–H groups in total. The van der Waals surface area contributed by atoms with Crippen LogP contribution in [0.2, 0.25) is 5.15 Å². The van der Waals surface area contributed by atoms with Crippen LogP contribution in [0.3, 0.4) is 0 Å². The Morgan fingerprint density at radius 2 is 2.38 bits per heavy atom. The van der Waals surface area contributed by atoms with Crippen molar-refractivity contribution in [2.45, 2.75) is 19.4 Å². The van der Waals surface area contributed by atoms with Gasteiger partial charge in [-0.25, -0.2) is 4.98 Å². The summed E-state index contributed by atoms with van der Waals surface area (Å²) in [4.78, 5) is 3.99. The van der Waals surface area contributed by atoms with Crippen LogP contribution in [0.15, 0.2) is 12.3 Å². The molecule has 0 aliphatic rings. The molecule has 0 bridgehead atoms. The summed E-state index contributed by atoms with van der Waals surface area (Å²) in [6.07, 6.45) is 2.20. The number of aromatic nitrogens is 1. The number of aliphatic hydroxyl groups excluding tert-OH is 1. The lowest BCUT2D eigenvalue weighted by Gasteiger charge is -2.11. The molecule has 3 nitrogen and oxygen atoms in total. The highest BCUT2D eigenvalue weighted by Crippen LogP contribution is 2.21. The molecule has 0 saturated carbocycles. The third-order valence-electron chi connectivity index (χ3n) is 1.84. The van der Waals surface area contributed by atoms with Gasteiger partial charge in [0.2, 0.25) is 0 Å². The summed E-state index contributed by atoms with van der Waals surface area (Å²) in [5, 5.41) is 9.14. The molecule has 1 heterocycles. The smallest absolute Gasteiger partial charge is 0.133 e. The fourth-order valence-electron chi connectivity index (χ4n) is 1.13. The van der Waals surface area contributed by atoms with Gasteiger partial charge in [-0.15, -0.1) is 0 Å². The van der Waals surface area contributed by atoms with Crippen LogP contribution in [0.1, 0.15) is 23.6 Å². The van der Waals surface area contributed by atoms with Gasteiger partial charge in [-0.1, -0.05) is 11.6 Å². The molecular formula is C9H13ClN2O. The Morgan fingerprint density at radius 1 is 1.69 bits per heavy atom. The average Bonchev–Trinajstić information content (AvgIpc) is 2.09. The van der Waals surface area contributed by atoms with Crippen molar-refractivity contribution < 1.29 is 5.11 Å². The molecule has 0 aliphatic heterocycles. The molecule has 1 aromatic heterocycles. The summed E-state index contributed by atoms with van der Waals surface area (Å²) in [6.45, 7) is 1.99. The van der Waals surface area contributed by atoms with Gasteiger partial charge in [-0.2, -0.15) is 0 Å². The maximum absolute atomic E-state index is 8.71. The van der Waals surface area contributed by atoms with E-state index in [9.17, 15) is 0 Å². The highest BCUT2D eigenvalue weighted by atomic mass is 35.5. The lowest BCUT2D eigenvalue weighted by atomic mass is 10.1. The van der Waals surface area contributed by atoms with Crippen LogP contribution in [-0.4, -0.2) is 16.7 Å². The monoisotopic (exact) mass is 200 g/mol. The second-order valence-corrected chi connectivity index (χ2v) is 3.37. The van der Waals surface area contributed by atoms with E-state index in [0.29, 0.717) is 11.6 Å². The van der Waals surface area contributed by atoms with Crippen molar-refractivity contribution in [2.24, 2.45) is 5.73 Å². The molecule has 4 heteroatoms. The van der Waals surface area contributed by atoms with E-state index < -0.39 is 0 Å².